The van der Waals surface area contributed by atoms with Gasteiger partial charge in [0.2, 0.25) is 0 Å². The lowest BCUT2D eigenvalue weighted by atomic mass is 9.97. The zero-order valence-electron chi connectivity index (χ0n) is 16.3. The highest BCUT2D eigenvalue weighted by atomic mass is 32.1. The van der Waals surface area contributed by atoms with Crippen molar-refractivity contribution in [2.24, 2.45) is 0 Å². The third-order valence-electron chi connectivity index (χ3n) is 5.42. The van der Waals surface area contributed by atoms with Crippen LogP contribution in [0.2, 0.25) is 0 Å². The van der Waals surface area contributed by atoms with E-state index in [0.717, 1.165) is 26.5 Å². The molecule has 0 spiro atoms. The number of amides is 1. The Hall–Kier alpha value is -3.37. The highest BCUT2D eigenvalue weighted by Crippen LogP contribution is 2.37. The number of rotatable bonds is 3. The van der Waals surface area contributed by atoms with Crippen LogP contribution in [0.5, 0.6) is 0 Å². The minimum atomic E-state index is -1.65. The molecular formula is C20H18N6O3S. The van der Waals surface area contributed by atoms with E-state index >= 15 is 0 Å². The van der Waals surface area contributed by atoms with Crippen molar-refractivity contribution >= 4 is 33.4 Å². The molecule has 1 saturated heterocycles. The minimum absolute atomic E-state index is 0.219. The van der Waals surface area contributed by atoms with Crippen LogP contribution in [0.4, 0.5) is 5.82 Å². The van der Waals surface area contributed by atoms with Gasteiger partial charge in [-0.25, -0.2) is 15.0 Å². The van der Waals surface area contributed by atoms with E-state index in [0.29, 0.717) is 23.6 Å². The number of thiazole rings is 1. The molecule has 3 N–H and O–H groups in total. The second-order valence-corrected chi connectivity index (χ2v) is 8.35. The smallest absolute Gasteiger partial charge is 0.260 e. The molecule has 5 rings (SSSR count). The number of aryl methyl sites for hydroxylation is 1. The standard InChI is InChI=1S/C20H18N6O3S/c1-10-3-4-11(7-12(10)17-24-15-16(21)22-9-23-18(15)30-17)13-8-14(25-29-13)20(28)5-6-26(2)19(20)27/h3-4,7-9,28H,5-6H2,1-2H3,(H2,21,22,23). The number of carbonyl (C=O) groups is 1. The van der Waals surface area contributed by atoms with Crippen molar-refractivity contribution in [3.05, 3.63) is 41.9 Å². The van der Waals surface area contributed by atoms with Crippen LogP contribution in [0.25, 0.3) is 32.2 Å². The molecule has 3 aromatic heterocycles. The predicted molar refractivity (Wildman–Crippen MR) is 111 cm³/mol. The molecule has 1 aliphatic rings. The van der Waals surface area contributed by atoms with Crippen molar-refractivity contribution in [3.63, 3.8) is 0 Å². The Balaban J connectivity index is 1.55. The van der Waals surface area contributed by atoms with E-state index in [4.69, 9.17) is 10.3 Å². The fraction of sp³-hybridized carbons (Fsp3) is 0.250. The van der Waals surface area contributed by atoms with Crippen molar-refractivity contribution in [3.8, 4) is 21.9 Å². The van der Waals surface area contributed by atoms with Gasteiger partial charge >= 0.3 is 0 Å². The van der Waals surface area contributed by atoms with Gasteiger partial charge in [0.15, 0.2) is 17.2 Å². The molecule has 0 aliphatic carbocycles. The number of nitrogens with two attached hydrogens (primary N) is 1. The lowest BCUT2D eigenvalue weighted by Crippen LogP contribution is -2.36. The Bertz CT molecular complexity index is 1300. The average Bonchev–Trinajstić information content (AvgIpc) is 3.45. The summed E-state index contributed by atoms with van der Waals surface area (Å²) in [7, 11) is 1.66. The molecule has 1 fully saturated rings. The van der Waals surface area contributed by atoms with Gasteiger partial charge in [0.1, 0.15) is 27.4 Å². The Morgan fingerprint density at radius 2 is 2.13 bits per heavy atom. The Morgan fingerprint density at radius 3 is 2.87 bits per heavy atom. The SMILES string of the molecule is Cc1ccc(-c2cc(C3(O)CCN(C)C3=O)no2)cc1-c1nc2c(N)ncnc2s1. The van der Waals surface area contributed by atoms with E-state index in [1.165, 1.54) is 22.6 Å². The van der Waals surface area contributed by atoms with Gasteiger partial charge in [-0.1, -0.05) is 28.6 Å². The largest absolute Gasteiger partial charge is 0.382 e. The first-order chi connectivity index (χ1) is 14.4. The van der Waals surface area contributed by atoms with Crippen molar-refractivity contribution in [1.82, 2.24) is 25.0 Å². The number of likely N-dealkylation sites (N-methyl/N-ethyl adjacent to an activating group) is 1. The van der Waals surface area contributed by atoms with E-state index in [1.54, 1.807) is 13.1 Å². The third kappa shape index (κ3) is 2.76. The Labute approximate surface area is 175 Å². The van der Waals surface area contributed by atoms with Gasteiger partial charge in [0.05, 0.1) is 0 Å². The summed E-state index contributed by atoms with van der Waals surface area (Å²) in [5.74, 6) is 0.429. The van der Waals surface area contributed by atoms with E-state index in [2.05, 4.69) is 20.1 Å². The first-order valence-corrected chi connectivity index (χ1v) is 10.1. The van der Waals surface area contributed by atoms with Gasteiger partial charge in [0, 0.05) is 37.2 Å². The Kier molecular flexibility index (Phi) is 4.09. The molecule has 10 heteroatoms. The van der Waals surface area contributed by atoms with Crippen molar-refractivity contribution < 1.29 is 14.4 Å². The molecule has 0 bridgehead atoms. The fourth-order valence-electron chi connectivity index (χ4n) is 3.59. The van der Waals surface area contributed by atoms with E-state index in [9.17, 15) is 9.90 Å². The monoisotopic (exact) mass is 422 g/mol. The van der Waals surface area contributed by atoms with E-state index in [-0.39, 0.29) is 18.0 Å². The number of carbonyl (C=O) groups excluding carboxylic acids is 1. The van der Waals surface area contributed by atoms with Crippen LogP contribution in [0.1, 0.15) is 17.7 Å². The molecule has 152 valence electrons. The van der Waals surface area contributed by atoms with Gasteiger partial charge < -0.3 is 20.3 Å². The quantitative estimate of drug-likeness (QED) is 0.514. The summed E-state index contributed by atoms with van der Waals surface area (Å²) < 4.78 is 5.48. The first-order valence-electron chi connectivity index (χ1n) is 9.30. The van der Waals surface area contributed by atoms with Crippen LogP contribution < -0.4 is 5.73 Å². The van der Waals surface area contributed by atoms with Gasteiger partial charge in [-0.15, -0.1) is 0 Å². The molecule has 30 heavy (non-hydrogen) atoms. The van der Waals surface area contributed by atoms with E-state index in [1.807, 2.05) is 25.1 Å². The Morgan fingerprint density at radius 1 is 1.30 bits per heavy atom. The summed E-state index contributed by atoms with van der Waals surface area (Å²) in [4.78, 5) is 27.4. The van der Waals surface area contributed by atoms with Crippen LogP contribution >= 0.6 is 11.3 Å². The van der Waals surface area contributed by atoms with Crippen LogP contribution in [0.3, 0.4) is 0 Å². The topological polar surface area (TPSA) is 131 Å². The number of nitrogen functional groups attached to an aromatic ring is 1. The predicted octanol–water partition coefficient (Wildman–Crippen LogP) is 2.35. The molecule has 1 amide bonds. The van der Waals surface area contributed by atoms with Gasteiger partial charge in [-0.2, -0.15) is 0 Å². The van der Waals surface area contributed by atoms with Gasteiger partial charge in [0.25, 0.3) is 5.91 Å². The second kappa shape index (κ2) is 6.57. The number of aromatic nitrogens is 4. The average molecular weight is 422 g/mol. The lowest BCUT2D eigenvalue weighted by Gasteiger charge is -2.16. The molecular weight excluding hydrogens is 404 g/mol. The summed E-state index contributed by atoms with van der Waals surface area (Å²) in [6.07, 6.45) is 1.70. The fourth-order valence-corrected chi connectivity index (χ4v) is 4.59. The maximum atomic E-state index is 12.3. The van der Waals surface area contributed by atoms with Crippen molar-refractivity contribution in [2.45, 2.75) is 18.9 Å². The molecule has 9 nitrogen and oxygen atoms in total. The summed E-state index contributed by atoms with van der Waals surface area (Å²) in [5.41, 5.74) is 7.76. The maximum absolute atomic E-state index is 12.3. The molecule has 4 heterocycles. The zero-order valence-corrected chi connectivity index (χ0v) is 17.1. The highest BCUT2D eigenvalue weighted by Gasteiger charge is 2.47. The number of anilines is 1. The molecule has 1 aromatic carbocycles. The molecule has 0 radical (unpaired) electrons. The number of hydrogen-bond donors (Lipinski definition) is 2. The summed E-state index contributed by atoms with van der Waals surface area (Å²) >= 11 is 1.43. The normalized spacial score (nSPS) is 19.2. The van der Waals surface area contributed by atoms with Gasteiger partial charge in [-0.05, 0) is 18.6 Å². The molecule has 1 aliphatic heterocycles. The molecule has 1 atom stereocenters. The second-order valence-electron chi connectivity index (χ2n) is 7.37. The number of likely N-dealkylation sites (tertiary alicyclic amines) is 1. The van der Waals surface area contributed by atoms with Crippen molar-refractivity contribution in [1.29, 1.82) is 0 Å². The number of hydrogen-bond acceptors (Lipinski definition) is 9. The zero-order chi connectivity index (χ0) is 21.0. The first kappa shape index (κ1) is 18.6. The number of benzene rings is 1. The summed E-state index contributed by atoms with van der Waals surface area (Å²) in [5, 5.41) is 15.5. The molecule has 0 saturated carbocycles. The van der Waals surface area contributed by atoms with Gasteiger partial charge in [-0.3, -0.25) is 4.79 Å². The van der Waals surface area contributed by atoms with E-state index < -0.39 is 5.60 Å². The summed E-state index contributed by atoms with van der Waals surface area (Å²) in [6, 6.07) is 7.41. The van der Waals surface area contributed by atoms with Crippen LogP contribution in [0, 0.1) is 6.92 Å². The lowest BCUT2D eigenvalue weighted by molar-refractivity contribution is -0.143. The molecule has 1 unspecified atom stereocenters. The maximum Gasteiger partial charge on any atom is 0.260 e. The minimum Gasteiger partial charge on any atom is -0.382 e. The van der Waals surface area contributed by atoms with Crippen LogP contribution in [-0.2, 0) is 10.4 Å². The molecule has 4 aromatic rings. The highest BCUT2D eigenvalue weighted by molar-refractivity contribution is 7.21. The number of fused-ring (bicyclic) bond motifs is 1. The number of aliphatic hydroxyl groups is 1. The van der Waals surface area contributed by atoms with Crippen LogP contribution in [-0.4, -0.2) is 49.6 Å². The third-order valence-corrected chi connectivity index (χ3v) is 6.42. The van der Waals surface area contributed by atoms with Crippen molar-refractivity contribution in [2.75, 3.05) is 19.3 Å². The summed E-state index contributed by atoms with van der Waals surface area (Å²) in [6.45, 7) is 2.46. The van der Waals surface area contributed by atoms with Crippen LogP contribution in [0.15, 0.2) is 35.1 Å². The number of nitrogens with zero attached hydrogens (tertiary/aromatic N) is 5.